The van der Waals surface area contributed by atoms with Crippen LogP contribution in [0.2, 0.25) is 0 Å². The molecular formula is C21H40N8O6. The molecule has 0 bridgehead atoms. The average molecular weight is 501 g/mol. The second-order valence-electron chi connectivity index (χ2n) is 8.73. The van der Waals surface area contributed by atoms with Crippen LogP contribution in [-0.2, 0) is 24.0 Å². The highest BCUT2D eigenvalue weighted by Gasteiger charge is 2.33. The Balaban J connectivity index is 5.68. The maximum absolute atomic E-state index is 13.1. The minimum absolute atomic E-state index is 0.0984. The number of carboxylic acids is 1. The SMILES string of the molecule is CCC(C)C(NC(=O)C(N)CC(N)=O)C(=O)NC(CCCN=C(N)N)C(=O)NC(C(=O)O)C(C)C. The van der Waals surface area contributed by atoms with E-state index in [4.69, 9.17) is 22.9 Å². The van der Waals surface area contributed by atoms with Crippen LogP contribution in [0.15, 0.2) is 4.99 Å². The number of nitrogens with zero attached hydrogens (tertiary/aromatic N) is 1. The van der Waals surface area contributed by atoms with Crippen molar-refractivity contribution in [3.05, 3.63) is 0 Å². The van der Waals surface area contributed by atoms with Gasteiger partial charge >= 0.3 is 5.97 Å². The number of aliphatic carboxylic acids is 1. The summed E-state index contributed by atoms with van der Waals surface area (Å²) in [4.78, 5) is 64.8. The van der Waals surface area contributed by atoms with E-state index in [2.05, 4.69) is 20.9 Å². The number of hydrogen-bond donors (Lipinski definition) is 8. The van der Waals surface area contributed by atoms with Crippen molar-refractivity contribution in [2.24, 2.45) is 39.8 Å². The third kappa shape index (κ3) is 12.0. The molecule has 35 heavy (non-hydrogen) atoms. The Morgan fingerprint density at radius 1 is 0.886 bits per heavy atom. The van der Waals surface area contributed by atoms with Crippen LogP contribution in [-0.4, -0.2) is 71.4 Å². The molecule has 0 saturated carbocycles. The van der Waals surface area contributed by atoms with Crippen LogP contribution in [0.25, 0.3) is 0 Å². The van der Waals surface area contributed by atoms with Gasteiger partial charge in [0.1, 0.15) is 18.1 Å². The molecule has 14 nitrogen and oxygen atoms in total. The Morgan fingerprint density at radius 2 is 1.46 bits per heavy atom. The smallest absolute Gasteiger partial charge is 0.326 e. The summed E-state index contributed by atoms with van der Waals surface area (Å²) in [5.74, 6) is -5.00. The molecule has 200 valence electrons. The summed E-state index contributed by atoms with van der Waals surface area (Å²) in [5, 5.41) is 16.9. The highest BCUT2D eigenvalue weighted by molar-refractivity contribution is 5.95. The highest BCUT2D eigenvalue weighted by atomic mass is 16.4. The van der Waals surface area contributed by atoms with Gasteiger partial charge in [-0.3, -0.25) is 24.2 Å². The number of carbonyl (C=O) groups excluding carboxylic acids is 4. The fourth-order valence-electron chi connectivity index (χ4n) is 3.07. The standard InChI is InChI=1S/C21H40N8O6/c1-5-11(4)16(29-17(31)12(22)9-14(23)30)19(33)27-13(7-6-8-26-21(24)25)18(32)28-15(10(2)3)20(34)35/h10-13,15-16H,5-9,22H2,1-4H3,(H2,23,30)(H,27,33)(H,28,32)(H,29,31)(H,34,35)(H4,24,25,26). The molecule has 0 fully saturated rings. The minimum atomic E-state index is -1.24. The van der Waals surface area contributed by atoms with Crippen LogP contribution in [0.3, 0.4) is 0 Å². The summed E-state index contributed by atoms with van der Waals surface area (Å²) in [6, 6.07) is -4.61. The lowest BCUT2D eigenvalue weighted by atomic mass is 9.96. The Kier molecular flexibility index (Phi) is 14.0. The van der Waals surface area contributed by atoms with Gasteiger partial charge in [0.25, 0.3) is 0 Å². The second-order valence-corrected chi connectivity index (χ2v) is 8.73. The first-order valence-corrected chi connectivity index (χ1v) is 11.4. The van der Waals surface area contributed by atoms with Gasteiger partial charge < -0.3 is 44.0 Å². The van der Waals surface area contributed by atoms with Gasteiger partial charge in [-0.2, -0.15) is 0 Å². The van der Waals surface area contributed by atoms with Gasteiger partial charge in [-0.25, -0.2) is 4.79 Å². The van der Waals surface area contributed by atoms with Crippen LogP contribution < -0.4 is 38.9 Å². The van der Waals surface area contributed by atoms with Gasteiger partial charge in [0.05, 0.1) is 12.5 Å². The first kappa shape index (κ1) is 31.6. The predicted octanol–water partition coefficient (Wildman–Crippen LogP) is -2.52. The van der Waals surface area contributed by atoms with Crippen LogP contribution in [0.5, 0.6) is 0 Å². The molecule has 0 saturated heterocycles. The van der Waals surface area contributed by atoms with E-state index in [9.17, 15) is 29.1 Å². The number of aliphatic imine (C=N–C) groups is 1. The summed E-state index contributed by atoms with van der Waals surface area (Å²) in [6.45, 7) is 6.98. The lowest BCUT2D eigenvalue weighted by Crippen LogP contribution is -2.59. The first-order valence-electron chi connectivity index (χ1n) is 11.4. The monoisotopic (exact) mass is 500 g/mol. The van der Waals surface area contributed by atoms with Crippen molar-refractivity contribution in [1.29, 1.82) is 0 Å². The molecule has 12 N–H and O–H groups in total. The number of nitrogens with two attached hydrogens (primary N) is 4. The number of hydrogen-bond acceptors (Lipinski definition) is 7. The lowest BCUT2D eigenvalue weighted by molar-refractivity contribution is -0.143. The number of primary amides is 1. The van der Waals surface area contributed by atoms with Crippen molar-refractivity contribution in [1.82, 2.24) is 16.0 Å². The van der Waals surface area contributed by atoms with E-state index in [0.29, 0.717) is 12.8 Å². The van der Waals surface area contributed by atoms with Crippen molar-refractivity contribution in [3.8, 4) is 0 Å². The quantitative estimate of drug-likeness (QED) is 0.0631. The summed E-state index contributed by atoms with van der Waals surface area (Å²) in [5.41, 5.74) is 21.4. The Bertz CT molecular complexity index is 784. The van der Waals surface area contributed by atoms with Gasteiger partial charge in [0.15, 0.2) is 5.96 Å². The number of amides is 4. The van der Waals surface area contributed by atoms with Crippen molar-refractivity contribution in [2.45, 2.75) is 77.5 Å². The zero-order valence-electron chi connectivity index (χ0n) is 20.7. The first-order chi connectivity index (χ1) is 16.2. The van der Waals surface area contributed by atoms with Crippen LogP contribution in [0.1, 0.15) is 53.4 Å². The Labute approximate surface area is 205 Å². The van der Waals surface area contributed by atoms with E-state index in [1.165, 1.54) is 0 Å². The summed E-state index contributed by atoms with van der Waals surface area (Å²) >= 11 is 0. The Hall–Kier alpha value is -3.42. The van der Waals surface area contributed by atoms with Gasteiger partial charge in [-0.15, -0.1) is 0 Å². The third-order valence-corrected chi connectivity index (χ3v) is 5.36. The third-order valence-electron chi connectivity index (χ3n) is 5.36. The average Bonchev–Trinajstić information content (AvgIpc) is 2.75. The molecule has 0 aliphatic carbocycles. The van der Waals surface area contributed by atoms with Gasteiger partial charge in [0.2, 0.25) is 23.6 Å². The molecular weight excluding hydrogens is 460 g/mol. The molecule has 4 amide bonds. The fraction of sp³-hybridized carbons (Fsp3) is 0.714. The van der Waals surface area contributed by atoms with Crippen LogP contribution >= 0.6 is 0 Å². The number of nitrogens with one attached hydrogen (secondary N) is 3. The van der Waals surface area contributed by atoms with Gasteiger partial charge in [0, 0.05) is 6.54 Å². The molecule has 0 aromatic carbocycles. The Morgan fingerprint density at radius 3 is 1.91 bits per heavy atom. The molecule has 0 rings (SSSR count). The maximum atomic E-state index is 13.1. The van der Waals surface area contributed by atoms with E-state index in [1.807, 2.05) is 0 Å². The number of carboxylic acid groups (broad SMARTS) is 1. The molecule has 0 aromatic heterocycles. The molecule has 0 aliphatic rings. The maximum Gasteiger partial charge on any atom is 0.326 e. The molecule has 0 spiro atoms. The van der Waals surface area contributed by atoms with E-state index in [0.717, 1.165) is 0 Å². The normalized spacial score (nSPS) is 15.1. The predicted molar refractivity (Wildman–Crippen MR) is 129 cm³/mol. The summed E-state index contributed by atoms with van der Waals surface area (Å²) in [7, 11) is 0. The van der Waals surface area contributed by atoms with Crippen molar-refractivity contribution in [3.63, 3.8) is 0 Å². The zero-order valence-corrected chi connectivity index (χ0v) is 20.7. The van der Waals surface area contributed by atoms with E-state index >= 15 is 0 Å². The number of carbonyl (C=O) groups is 5. The summed E-state index contributed by atoms with van der Waals surface area (Å²) < 4.78 is 0. The summed E-state index contributed by atoms with van der Waals surface area (Å²) in [6.07, 6.45) is 0.502. The topological polar surface area (TPSA) is 258 Å². The molecule has 14 heteroatoms. The van der Waals surface area contributed by atoms with Crippen LogP contribution in [0.4, 0.5) is 0 Å². The highest BCUT2D eigenvalue weighted by Crippen LogP contribution is 2.11. The van der Waals surface area contributed by atoms with Crippen molar-refractivity contribution in [2.75, 3.05) is 6.54 Å². The molecule has 0 heterocycles. The molecule has 0 aromatic rings. The molecule has 0 radical (unpaired) electrons. The van der Waals surface area contributed by atoms with Gasteiger partial charge in [-0.1, -0.05) is 34.1 Å². The second kappa shape index (κ2) is 15.5. The van der Waals surface area contributed by atoms with E-state index in [1.54, 1.807) is 27.7 Å². The van der Waals surface area contributed by atoms with Crippen molar-refractivity contribution < 1.29 is 29.1 Å². The number of rotatable bonds is 16. The fourth-order valence-corrected chi connectivity index (χ4v) is 3.07. The molecule has 5 atom stereocenters. The zero-order chi connectivity index (χ0) is 27.3. The number of guanidine groups is 1. The molecule has 0 aliphatic heterocycles. The van der Waals surface area contributed by atoms with Crippen molar-refractivity contribution >= 4 is 35.6 Å². The minimum Gasteiger partial charge on any atom is -0.480 e. The van der Waals surface area contributed by atoms with Crippen LogP contribution in [0, 0.1) is 11.8 Å². The van der Waals surface area contributed by atoms with E-state index in [-0.39, 0.29) is 24.8 Å². The van der Waals surface area contributed by atoms with E-state index < -0.39 is 66.1 Å². The largest absolute Gasteiger partial charge is 0.480 e. The van der Waals surface area contributed by atoms with Gasteiger partial charge in [-0.05, 0) is 24.7 Å². The lowest BCUT2D eigenvalue weighted by Gasteiger charge is -2.28. The molecule has 5 unspecified atom stereocenters.